The van der Waals surface area contributed by atoms with Gasteiger partial charge in [-0.05, 0) is 18.9 Å². The van der Waals surface area contributed by atoms with Crippen molar-refractivity contribution in [1.29, 1.82) is 0 Å². The second-order valence-corrected chi connectivity index (χ2v) is 2.75. The highest BCUT2D eigenvalue weighted by Gasteiger charge is 2.25. The Morgan fingerprint density at radius 3 is 2.83 bits per heavy atom. The minimum Gasteiger partial charge on any atom is -0.330 e. The van der Waals surface area contributed by atoms with Gasteiger partial charge >= 0.3 is 0 Å². The Hall–Kier alpha value is -0.985. The predicted molar refractivity (Wildman–Crippen MR) is 49.8 cm³/mol. The predicted octanol–water partition coefficient (Wildman–Crippen LogP) is 1.31. The Kier molecular flexibility index (Phi) is 2.74. The molecule has 0 aromatic carbocycles. The maximum absolute atomic E-state index is 11.1. The summed E-state index contributed by atoms with van der Waals surface area (Å²) >= 11 is 0. The van der Waals surface area contributed by atoms with Gasteiger partial charge in [-0.2, -0.15) is 0 Å². The molecule has 0 spiro atoms. The van der Waals surface area contributed by atoms with Crippen LogP contribution in [0.3, 0.4) is 0 Å². The summed E-state index contributed by atoms with van der Waals surface area (Å²) < 4.78 is 0. The largest absolute Gasteiger partial charge is 0.330 e. The summed E-state index contributed by atoms with van der Waals surface area (Å²) in [7, 11) is 5.65. The molecule has 1 heterocycles. The minimum atomic E-state index is -0.476. The average Bonchev–Trinajstić information content (AvgIpc) is 2.33. The van der Waals surface area contributed by atoms with E-state index >= 15 is 0 Å². The molecule has 1 atom stereocenters. The lowest BCUT2D eigenvalue weighted by Crippen LogP contribution is -2.18. The molecular formula is C9H12BNO. The van der Waals surface area contributed by atoms with Gasteiger partial charge in [0.05, 0.1) is 7.85 Å². The molecule has 62 valence electrons. The zero-order valence-corrected chi connectivity index (χ0v) is 7.42. The molecule has 0 saturated heterocycles. The Balaban J connectivity index is 2.94. The van der Waals surface area contributed by atoms with Crippen molar-refractivity contribution in [3.63, 3.8) is 0 Å². The Labute approximate surface area is 74.1 Å². The van der Waals surface area contributed by atoms with E-state index in [1.165, 1.54) is 0 Å². The van der Waals surface area contributed by atoms with Crippen molar-refractivity contribution >= 4 is 13.8 Å². The van der Waals surface area contributed by atoms with Gasteiger partial charge in [0, 0.05) is 11.5 Å². The molecule has 0 aliphatic carbocycles. The zero-order valence-electron chi connectivity index (χ0n) is 7.42. The lowest BCUT2D eigenvalue weighted by molar-refractivity contribution is -0.118. The molecule has 0 saturated carbocycles. The van der Waals surface area contributed by atoms with E-state index in [4.69, 9.17) is 7.85 Å². The van der Waals surface area contributed by atoms with Gasteiger partial charge in [0.2, 0.25) is 5.91 Å². The van der Waals surface area contributed by atoms with Gasteiger partial charge in [-0.25, -0.2) is 0 Å². The van der Waals surface area contributed by atoms with E-state index in [0.29, 0.717) is 0 Å². The van der Waals surface area contributed by atoms with Crippen molar-refractivity contribution in [3.8, 4) is 0 Å². The fourth-order valence-corrected chi connectivity index (χ4v) is 1.30. The van der Waals surface area contributed by atoms with Crippen LogP contribution in [0.25, 0.3) is 0 Å². The van der Waals surface area contributed by atoms with E-state index in [-0.39, 0.29) is 5.91 Å². The molecule has 0 fully saturated rings. The molecule has 2 nitrogen and oxygen atoms in total. The number of carbonyl (C=O) groups excluding carboxylic acids is 1. The monoisotopic (exact) mass is 161 g/mol. The highest BCUT2D eigenvalue weighted by atomic mass is 16.2. The molecule has 2 radical (unpaired) electrons. The Morgan fingerprint density at radius 2 is 2.33 bits per heavy atom. The summed E-state index contributed by atoms with van der Waals surface area (Å²) in [5.41, 5.74) is 1.87. The van der Waals surface area contributed by atoms with Crippen LogP contribution in [0.2, 0.25) is 5.82 Å². The summed E-state index contributed by atoms with van der Waals surface area (Å²) in [4.78, 5) is 11.1. The second kappa shape index (κ2) is 3.61. The van der Waals surface area contributed by atoms with Crippen molar-refractivity contribution in [3.05, 3.63) is 23.4 Å². The summed E-state index contributed by atoms with van der Waals surface area (Å²) in [6, 6.07) is 0. The lowest BCUT2D eigenvalue weighted by atomic mass is 9.81. The van der Waals surface area contributed by atoms with E-state index in [9.17, 15) is 4.79 Å². The minimum absolute atomic E-state index is 0.0973. The van der Waals surface area contributed by atoms with Crippen LogP contribution in [0.1, 0.15) is 20.3 Å². The molecule has 0 aromatic heterocycles. The molecule has 1 rings (SSSR count). The lowest BCUT2D eigenvalue weighted by Gasteiger charge is -2.00. The number of hydrogen-bond acceptors (Lipinski definition) is 1. The van der Waals surface area contributed by atoms with Crippen molar-refractivity contribution in [2.45, 2.75) is 26.1 Å². The fourth-order valence-electron chi connectivity index (χ4n) is 1.30. The van der Waals surface area contributed by atoms with Crippen LogP contribution in [0.5, 0.6) is 0 Å². The molecule has 1 aliphatic heterocycles. The standard InChI is InChI=1S/C9H12BNO/c1-3-5-6-7(4-2)11-9(12)8(6)10/h3,5,8H,4H2,1-2H3,(H,11,12)/b5-3-. The van der Waals surface area contributed by atoms with Crippen molar-refractivity contribution in [2.75, 3.05) is 0 Å². The maximum atomic E-state index is 11.1. The van der Waals surface area contributed by atoms with E-state index in [0.717, 1.165) is 17.7 Å². The SMILES string of the molecule is [B]C1C(=O)NC(CC)=C1/C=C\C. The normalized spacial score (nSPS) is 23.8. The maximum Gasteiger partial charge on any atom is 0.222 e. The highest BCUT2D eigenvalue weighted by Crippen LogP contribution is 2.26. The van der Waals surface area contributed by atoms with Gasteiger partial charge in [-0.1, -0.05) is 19.1 Å². The summed E-state index contributed by atoms with van der Waals surface area (Å²) in [6.07, 6.45) is 4.60. The third-order valence-corrected chi connectivity index (χ3v) is 1.94. The number of hydrogen-bond donors (Lipinski definition) is 1. The van der Waals surface area contributed by atoms with Crippen LogP contribution in [0, 0.1) is 0 Å². The number of nitrogens with one attached hydrogen (secondary N) is 1. The van der Waals surface area contributed by atoms with Crippen LogP contribution >= 0.6 is 0 Å². The van der Waals surface area contributed by atoms with E-state index < -0.39 is 5.82 Å². The molecule has 0 bridgehead atoms. The number of allylic oxidation sites excluding steroid dienone is 3. The zero-order chi connectivity index (χ0) is 9.14. The van der Waals surface area contributed by atoms with Crippen molar-refractivity contribution in [2.24, 2.45) is 0 Å². The molecule has 12 heavy (non-hydrogen) atoms. The van der Waals surface area contributed by atoms with Crippen molar-refractivity contribution in [1.82, 2.24) is 5.32 Å². The Bertz CT molecular complexity index is 255. The third-order valence-electron chi connectivity index (χ3n) is 1.94. The van der Waals surface area contributed by atoms with Gasteiger partial charge in [0.1, 0.15) is 0 Å². The number of amides is 1. The molecular weight excluding hydrogens is 149 g/mol. The van der Waals surface area contributed by atoms with E-state index in [1.807, 2.05) is 26.0 Å². The van der Waals surface area contributed by atoms with Gasteiger partial charge < -0.3 is 5.32 Å². The molecule has 1 aliphatic rings. The van der Waals surface area contributed by atoms with Crippen molar-refractivity contribution < 1.29 is 4.79 Å². The Morgan fingerprint density at radius 1 is 1.67 bits per heavy atom. The molecule has 1 N–H and O–H groups in total. The van der Waals surface area contributed by atoms with Gasteiger partial charge in [-0.15, -0.1) is 0 Å². The molecule has 1 unspecified atom stereocenters. The van der Waals surface area contributed by atoms with Crippen LogP contribution in [0.15, 0.2) is 23.4 Å². The number of rotatable bonds is 2. The smallest absolute Gasteiger partial charge is 0.222 e. The average molecular weight is 161 g/mol. The summed E-state index contributed by atoms with van der Waals surface area (Å²) in [5, 5.41) is 2.75. The van der Waals surface area contributed by atoms with Gasteiger partial charge in [0.15, 0.2) is 0 Å². The molecule has 3 heteroatoms. The van der Waals surface area contributed by atoms with Crippen LogP contribution in [-0.2, 0) is 4.79 Å². The first-order chi connectivity index (χ1) is 5.70. The van der Waals surface area contributed by atoms with Gasteiger partial charge in [0.25, 0.3) is 0 Å². The van der Waals surface area contributed by atoms with Crippen LogP contribution < -0.4 is 5.32 Å². The number of carbonyl (C=O) groups is 1. The first kappa shape index (κ1) is 9.11. The first-order valence-corrected chi connectivity index (χ1v) is 4.12. The van der Waals surface area contributed by atoms with Crippen LogP contribution in [0.4, 0.5) is 0 Å². The summed E-state index contributed by atoms with van der Waals surface area (Å²) in [6.45, 7) is 3.91. The molecule has 1 amide bonds. The second-order valence-electron chi connectivity index (χ2n) is 2.75. The molecule has 0 aromatic rings. The topological polar surface area (TPSA) is 29.1 Å². The highest BCUT2D eigenvalue weighted by molar-refractivity contribution is 6.27. The third kappa shape index (κ3) is 1.45. The van der Waals surface area contributed by atoms with E-state index in [1.54, 1.807) is 0 Å². The summed E-state index contributed by atoms with van der Waals surface area (Å²) in [5.74, 6) is -0.573. The quantitative estimate of drug-likeness (QED) is 0.607. The van der Waals surface area contributed by atoms with Crippen LogP contribution in [-0.4, -0.2) is 13.8 Å². The van der Waals surface area contributed by atoms with Gasteiger partial charge in [-0.3, -0.25) is 4.79 Å². The van der Waals surface area contributed by atoms with E-state index in [2.05, 4.69) is 5.32 Å². The first-order valence-electron chi connectivity index (χ1n) is 4.12. The fraction of sp³-hybridized carbons (Fsp3) is 0.444.